The van der Waals surface area contributed by atoms with Gasteiger partial charge in [-0.15, -0.1) is 0 Å². The van der Waals surface area contributed by atoms with Crippen LogP contribution in [-0.2, 0) is 9.59 Å². The Kier molecular flexibility index (Phi) is 31.3. The smallest absolute Gasteiger partial charge is 0.137 e. The van der Waals surface area contributed by atoms with Gasteiger partial charge in [-0.1, -0.05) is 141 Å². The van der Waals surface area contributed by atoms with Crippen LogP contribution in [0.15, 0.2) is 24.3 Å². The number of likely N-dealkylation sites (tertiary alicyclic amines) is 1. The Balaban J connectivity index is 2.10. The average molecular weight is 642 g/mol. The second-order valence-corrected chi connectivity index (χ2v) is 14.6. The maximum atomic E-state index is 13.2. The third-order valence-corrected chi connectivity index (χ3v) is 10.0. The minimum atomic E-state index is -0.0782. The van der Waals surface area contributed by atoms with Crippen molar-refractivity contribution in [3.63, 3.8) is 0 Å². The number of rotatable bonds is 35. The topological polar surface area (TPSA) is 37.4 Å². The molecule has 0 N–H and O–H groups in total. The number of hydrogen-bond acceptors (Lipinski definition) is 3. The summed E-state index contributed by atoms with van der Waals surface area (Å²) in [6.07, 6.45) is 47.0. The van der Waals surface area contributed by atoms with E-state index in [1.807, 2.05) is 0 Å². The summed E-state index contributed by atoms with van der Waals surface area (Å²) in [6.45, 7) is 7.56. The number of allylic oxidation sites excluding steroid dienone is 4. The third kappa shape index (κ3) is 27.9. The number of ketones is 2. The monoisotopic (exact) mass is 642 g/mol. The van der Waals surface area contributed by atoms with Crippen LogP contribution in [0.2, 0.25) is 0 Å². The van der Waals surface area contributed by atoms with Gasteiger partial charge in [0.05, 0.1) is 0 Å². The van der Waals surface area contributed by atoms with Crippen molar-refractivity contribution in [1.29, 1.82) is 0 Å². The van der Waals surface area contributed by atoms with Gasteiger partial charge in [0, 0.05) is 31.7 Å². The number of carbonyl (C=O) groups excluding carboxylic acids is 2. The van der Waals surface area contributed by atoms with Crippen molar-refractivity contribution in [2.45, 2.75) is 213 Å². The van der Waals surface area contributed by atoms with Gasteiger partial charge in [-0.05, 0) is 90.1 Å². The first-order chi connectivity index (χ1) is 22.7. The highest BCUT2D eigenvalue weighted by molar-refractivity contribution is 5.88. The molecule has 3 nitrogen and oxygen atoms in total. The summed E-state index contributed by atoms with van der Waals surface area (Å²) >= 11 is 0. The lowest BCUT2D eigenvalue weighted by Gasteiger charge is -2.22. The van der Waals surface area contributed by atoms with Gasteiger partial charge in [-0.25, -0.2) is 0 Å². The normalized spacial score (nSPS) is 14.7. The lowest BCUT2D eigenvalue weighted by atomic mass is 9.91. The molecule has 0 radical (unpaired) electrons. The van der Waals surface area contributed by atoms with Crippen LogP contribution >= 0.6 is 0 Å². The number of Topliss-reactive ketones (excluding diaryl/α,β-unsaturated/α-hetero) is 2. The molecule has 1 rings (SSSR count). The molecule has 1 aliphatic rings. The Morgan fingerprint density at radius 3 is 1.30 bits per heavy atom. The molecule has 0 aliphatic carbocycles. The summed E-state index contributed by atoms with van der Waals surface area (Å²) in [6, 6.07) is 0. The van der Waals surface area contributed by atoms with E-state index < -0.39 is 0 Å². The summed E-state index contributed by atoms with van der Waals surface area (Å²) in [5.74, 6) is 0.590. The number of nitrogens with zero attached hydrogens (tertiary/aromatic N) is 1. The number of unbranched alkanes of at least 4 members (excludes halogenated alkanes) is 22. The van der Waals surface area contributed by atoms with Crippen molar-refractivity contribution >= 4 is 11.6 Å². The second kappa shape index (κ2) is 33.7. The van der Waals surface area contributed by atoms with E-state index in [1.54, 1.807) is 0 Å². The fourth-order valence-electron chi connectivity index (χ4n) is 6.90. The first-order valence-corrected chi connectivity index (χ1v) is 20.7. The number of carbonyl (C=O) groups is 2. The van der Waals surface area contributed by atoms with E-state index in [2.05, 4.69) is 43.1 Å². The molecule has 46 heavy (non-hydrogen) atoms. The van der Waals surface area contributed by atoms with Crippen molar-refractivity contribution in [3.8, 4) is 0 Å². The number of hydrogen-bond donors (Lipinski definition) is 0. The molecule has 0 aromatic carbocycles. The highest BCUT2D eigenvalue weighted by atomic mass is 16.1. The fraction of sp³-hybridized carbons (Fsp3) is 0.860. The van der Waals surface area contributed by atoms with Gasteiger partial charge in [0.2, 0.25) is 0 Å². The SMILES string of the molecule is CCCCCCCC/C=C\CCCCCCCC(=O)CC(CN1CCCC1)C(=O)CCCCCCC/C=C\CCCCCCCC. The van der Waals surface area contributed by atoms with Crippen LogP contribution in [-0.4, -0.2) is 36.1 Å². The zero-order valence-electron chi connectivity index (χ0n) is 31.2. The first kappa shape index (κ1) is 42.8. The minimum absolute atomic E-state index is 0.0782. The van der Waals surface area contributed by atoms with Gasteiger partial charge in [0.15, 0.2) is 0 Å². The van der Waals surface area contributed by atoms with Gasteiger partial charge in [-0.3, -0.25) is 9.59 Å². The van der Waals surface area contributed by atoms with Crippen molar-refractivity contribution in [2.24, 2.45) is 5.92 Å². The van der Waals surface area contributed by atoms with Crippen LogP contribution < -0.4 is 0 Å². The molecule has 268 valence electrons. The Morgan fingerprint density at radius 2 is 0.870 bits per heavy atom. The predicted octanol–water partition coefficient (Wildman–Crippen LogP) is 13.3. The summed E-state index contributed by atoms with van der Waals surface area (Å²) in [4.78, 5) is 28.5. The molecular weight excluding hydrogens is 562 g/mol. The van der Waals surface area contributed by atoms with Crippen LogP contribution in [0.25, 0.3) is 0 Å². The predicted molar refractivity (Wildman–Crippen MR) is 203 cm³/mol. The summed E-state index contributed by atoms with van der Waals surface area (Å²) in [5, 5.41) is 0. The molecular formula is C43H79NO2. The standard InChI is InChI=1S/C43H79NO2/c1-3-5-7-9-11-13-15-17-19-21-23-25-27-29-31-35-42(45)39-41(40-44-37-33-34-38-44)43(46)36-32-30-28-26-24-22-20-18-16-14-12-10-8-6-4-2/h17-20,41H,3-16,21-40H2,1-2H3/b19-17-,20-18-. The summed E-state index contributed by atoms with van der Waals surface area (Å²) in [5.41, 5.74) is 0. The van der Waals surface area contributed by atoms with Gasteiger partial charge >= 0.3 is 0 Å². The average Bonchev–Trinajstić information content (AvgIpc) is 3.57. The molecule has 0 amide bonds. The van der Waals surface area contributed by atoms with E-state index in [9.17, 15) is 9.59 Å². The molecule has 0 saturated carbocycles. The van der Waals surface area contributed by atoms with Crippen molar-refractivity contribution < 1.29 is 9.59 Å². The summed E-state index contributed by atoms with van der Waals surface area (Å²) < 4.78 is 0. The molecule has 1 saturated heterocycles. The zero-order valence-corrected chi connectivity index (χ0v) is 31.2. The van der Waals surface area contributed by atoms with Gasteiger partial charge < -0.3 is 4.90 Å². The second-order valence-electron chi connectivity index (χ2n) is 14.6. The molecule has 1 aliphatic heterocycles. The first-order valence-electron chi connectivity index (χ1n) is 20.7. The highest BCUT2D eigenvalue weighted by Gasteiger charge is 2.25. The van der Waals surface area contributed by atoms with E-state index in [0.717, 1.165) is 45.3 Å². The molecule has 0 bridgehead atoms. The lowest BCUT2D eigenvalue weighted by molar-refractivity contribution is -0.128. The Hall–Kier alpha value is -1.22. The summed E-state index contributed by atoms with van der Waals surface area (Å²) in [7, 11) is 0. The Labute approximate surface area is 288 Å². The molecule has 1 unspecified atom stereocenters. The van der Waals surface area contributed by atoms with Gasteiger partial charge in [-0.2, -0.15) is 0 Å². The molecule has 0 aromatic heterocycles. The van der Waals surface area contributed by atoms with E-state index in [-0.39, 0.29) is 5.92 Å². The van der Waals surface area contributed by atoms with E-state index in [4.69, 9.17) is 0 Å². The molecule has 3 heteroatoms. The third-order valence-electron chi connectivity index (χ3n) is 10.0. The fourth-order valence-corrected chi connectivity index (χ4v) is 6.90. The van der Waals surface area contributed by atoms with Crippen LogP contribution in [0, 0.1) is 5.92 Å². The van der Waals surface area contributed by atoms with Crippen LogP contribution in [0.3, 0.4) is 0 Å². The van der Waals surface area contributed by atoms with Crippen LogP contribution in [0.4, 0.5) is 0 Å². The molecule has 0 aromatic rings. The van der Waals surface area contributed by atoms with Gasteiger partial charge in [0.25, 0.3) is 0 Å². The van der Waals surface area contributed by atoms with Crippen molar-refractivity contribution in [3.05, 3.63) is 24.3 Å². The zero-order chi connectivity index (χ0) is 33.2. The minimum Gasteiger partial charge on any atom is -0.303 e. The van der Waals surface area contributed by atoms with Crippen LogP contribution in [0.1, 0.15) is 213 Å². The largest absolute Gasteiger partial charge is 0.303 e. The maximum absolute atomic E-state index is 13.2. The highest BCUT2D eigenvalue weighted by Crippen LogP contribution is 2.20. The lowest BCUT2D eigenvalue weighted by Crippen LogP contribution is -2.32. The molecule has 1 heterocycles. The van der Waals surface area contributed by atoms with Gasteiger partial charge in [0.1, 0.15) is 11.6 Å². The van der Waals surface area contributed by atoms with Crippen molar-refractivity contribution in [1.82, 2.24) is 4.90 Å². The quantitative estimate of drug-likeness (QED) is 0.0510. The Bertz CT molecular complexity index is 735. The molecule has 1 fully saturated rings. The maximum Gasteiger partial charge on any atom is 0.137 e. The van der Waals surface area contributed by atoms with E-state index in [1.165, 1.54) is 154 Å². The van der Waals surface area contributed by atoms with Crippen LogP contribution in [0.5, 0.6) is 0 Å². The molecule has 1 atom stereocenters. The van der Waals surface area contributed by atoms with E-state index in [0.29, 0.717) is 30.8 Å². The van der Waals surface area contributed by atoms with Crippen molar-refractivity contribution in [2.75, 3.05) is 19.6 Å². The molecule has 0 spiro atoms. The van der Waals surface area contributed by atoms with E-state index >= 15 is 0 Å². The Morgan fingerprint density at radius 1 is 0.500 bits per heavy atom.